The third-order valence-corrected chi connectivity index (χ3v) is 4.19. The second-order valence-corrected chi connectivity index (χ2v) is 6.21. The highest BCUT2D eigenvalue weighted by molar-refractivity contribution is 6.05. The first-order valence-electron chi connectivity index (χ1n) is 8.67. The molecule has 0 aliphatic heterocycles. The van der Waals surface area contributed by atoms with Crippen molar-refractivity contribution in [2.75, 3.05) is 5.32 Å². The van der Waals surface area contributed by atoms with Crippen LogP contribution in [-0.4, -0.2) is 20.9 Å². The molecule has 0 aliphatic carbocycles. The molecular weight excluding hydrogens is 336 g/mol. The molecule has 27 heavy (non-hydrogen) atoms. The lowest BCUT2D eigenvalue weighted by atomic mass is 10.1. The van der Waals surface area contributed by atoms with Gasteiger partial charge in [0.05, 0.1) is 5.69 Å². The Hall–Kier alpha value is -3.73. The van der Waals surface area contributed by atoms with Crippen LogP contribution < -0.4 is 5.32 Å². The number of rotatable bonds is 4. The topological polar surface area (TPSA) is 59.8 Å². The first-order chi connectivity index (χ1) is 13.2. The van der Waals surface area contributed by atoms with Crippen molar-refractivity contribution >= 4 is 11.7 Å². The number of carbonyl (C=O) groups is 1. The lowest BCUT2D eigenvalue weighted by molar-refractivity contribution is 0.102. The maximum absolute atomic E-state index is 12.6. The summed E-state index contributed by atoms with van der Waals surface area (Å²) in [6, 6.07) is 26.7. The van der Waals surface area contributed by atoms with E-state index >= 15 is 0 Å². The van der Waals surface area contributed by atoms with Crippen LogP contribution >= 0.6 is 0 Å². The predicted molar refractivity (Wildman–Crippen MR) is 106 cm³/mol. The van der Waals surface area contributed by atoms with Crippen LogP contribution in [0.25, 0.3) is 16.9 Å². The van der Waals surface area contributed by atoms with Crippen molar-refractivity contribution < 1.29 is 4.79 Å². The third-order valence-electron chi connectivity index (χ3n) is 4.19. The van der Waals surface area contributed by atoms with Gasteiger partial charge in [0, 0.05) is 11.1 Å². The maximum atomic E-state index is 12.6. The summed E-state index contributed by atoms with van der Waals surface area (Å²) >= 11 is 0. The summed E-state index contributed by atoms with van der Waals surface area (Å²) in [5.74, 6) is 0.208. The summed E-state index contributed by atoms with van der Waals surface area (Å²) in [5.41, 5.74) is 4.07. The smallest absolute Gasteiger partial charge is 0.256 e. The minimum absolute atomic E-state index is 0.219. The lowest BCUT2D eigenvalue weighted by Crippen LogP contribution is -2.13. The molecule has 0 saturated heterocycles. The Morgan fingerprint density at radius 3 is 2.11 bits per heavy atom. The molecule has 5 nitrogen and oxygen atoms in total. The van der Waals surface area contributed by atoms with E-state index in [2.05, 4.69) is 15.5 Å². The van der Waals surface area contributed by atoms with Crippen molar-refractivity contribution in [2.45, 2.75) is 6.92 Å². The average molecular weight is 354 g/mol. The maximum Gasteiger partial charge on any atom is 0.256 e. The number of aryl methyl sites for hydroxylation is 1. The molecule has 4 rings (SSSR count). The molecule has 132 valence electrons. The summed E-state index contributed by atoms with van der Waals surface area (Å²) in [5, 5.41) is 12.0. The van der Waals surface area contributed by atoms with Crippen LogP contribution in [0.15, 0.2) is 84.9 Å². The average Bonchev–Trinajstić information content (AvgIpc) is 3.13. The molecule has 3 aromatic carbocycles. The van der Waals surface area contributed by atoms with Gasteiger partial charge in [0.1, 0.15) is 5.69 Å². The highest BCUT2D eigenvalue weighted by atomic mass is 16.1. The van der Waals surface area contributed by atoms with E-state index in [9.17, 15) is 4.79 Å². The van der Waals surface area contributed by atoms with Gasteiger partial charge in [-0.1, -0.05) is 66.2 Å². The van der Waals surface area contributed by atoms with Gasteiger partial charge in [-0.15, -0.1) is 15.0 Å². The number of benzene rings is 3. The Morgan fingerprint density at radius 2 is 1.44 bits per heavy atom. The number of aromatic nitrogens is 3. The molecule has 0 bridgehead atoms. The number of carbonyl (C=O) groups excluding carboxylic acids is 1. The monoisotopic (exact) mass is 354 g/mol. The zero-order valence-electron chi connectivity index (χ0n) is 14.8. The summed E-state index contributed by atoms with van der Waals surface area (Å²) in [6.07, 6.45) is 0. The Balaban J connectivity index is 1.74. The first-order valence-corrected chi connectivity index (χ1v) is 8.67. The van der Waals surface area contributed by atoms with Crippen molar-refractivity contribution in [3.05, 3.63) is 96.1 Å². The third kappa shape index (κ3) is 3.62. The van der Waals surface area contributed by atoms with Crippen LogP contribution in [0.2, 0.25) is 0 Å². The van der Waals surface area contributed by atoms with E-state index in [0.29, 0.717) is 17.1 Å². The fourth-order valence-electron chi connectivity index (χ4n) is 2.74. The second kappa shape index (κ2) is 7.25. The normalized spacial score (nSPS) is 10.6. The molecule has 1 N–H and O–H groups in total. The number of hydrogen-bond acceptors (Lipinski definition) is 3. The summed E-state index contributed by atoms with van der Waals surface area (Å²) in [6.45, 7) is 2.03. The zero-order chi connectivity index (χ0) is 18.6. The molecule has 1 aromatic heterocycles. The fourth-order valence-corrected chi connectivity index (χ4v) is 2.74. The van der Waals surface area contributed by atoms with Gasteiger partial charge in [-0.3, -0.25) is 4.79 Å². The minimum Gasteiger partial charge on any atom is -0.303 e. The van der Waals surface area contributed by atoms with Crippen LogP contribution in [-0.2, 0) is 0 Å². The van der Waals surface area contributed by atoms with Crippen LogP contribution in [0.4, 0.5) is 5.82 Å². The van der Waals surface area contributed by atoms with Crippen LogP contribution in [0.1, 0.15) is 15.9 Å². The van der Waals surface area contributed by atoms with Gasteiger partial charge < -0.3 is 5.32 Å². The summed E-state index contributed by atoms with van der Waals surface area (Å²) in [4.78, 5) is 14.1. The van der Waals surface area contributed by atoms with Gasteiger partial charge >= 0.3 is 0 Å². The van der Waals surface area contributed by atoms with Crippen LogP contribution in [0, 0.1) is 6.92 Å². The first kappa shape index (κ1) is 16.7. The summed E-state index contributed by atoms with van der Waals surface area (Å²) in [7, 11) is 0. The van der Waals surface area contributed by atoms with Gasteiger partial charge in [0.25, 0.3) is 5.91 Å². The van der Waals surface area contributed by atoms with Gasteiger partial charge in [0.15, 0.2) is 5.82 Å². The van der Waals surface area contributed by atoms with E-state index in [1.165, 1.54) is 0 Å². The van der Waals surface area contributed by atoms with E-state index in [4.69, 9.17) is 0 Å². The van der Waals surface area contributed by atoms with E-state index in [-0.39, 0.29) is 5.91 Å². The molecule has 0 spiro atoms. The van der Waals surface area contributed by atoms with Crippen molar-refractivity contribution in [2.24, 2.45) is 0 Å². The van der Waals surface area contributed by atoms with E-state index in [1.807, 2.05) is 79.7 Å². The van der Waals surface area contributed by atoms with Gasteiger partial charge in [0.2, 0.25) is 0 Å². The molecule has 0 saturated carbocycles. The largest absolute Gasteiger partial charge is 0.303 e. The van der Waals surface area contributed by atoms with E-state index in [0.717, 1.165) is 16.8 Å². The zero-order valence-corrected chi connectivity index (χ0v) is 14.8. The van der Waals surface area contributed by atoms with Gasteiger partial charge in [-0.2, -0.15) is 0 Å². The molecule has 5 heteroatoms. The van der Waals surface area contributed by atoms with Gasteiger partial charge in [-0.25, -0.2) is 0 Å². The van der Waals surface area contributed by atoms with E-state index in [1.54, 1.807) is 16.9 Å². The highest BCUT2D eigenvalue weighted by Gasteiger charge is 2.17. The molecule has 0 radical (unpaired) electrons. The molecule has 0 aliphatic rings. The Morgan fingerprint density at radius 1 is 0.815 bits per heavy atom. The van der Waals surface area contributed by atoms with Crippen molar-refractivity contribution in [1.82, 2.24) is 15.0 Å². The molecular formula is C22H18N4O. The van der Waals surface area contributed by atoms with Crippen LogP contribution in [0.5, 0.6) is 0 Å². The second-order valence-electron chi connectivity index (χ2n) is 6.21. The van der Waals surface area contributed by atoms with Crippen LogP contribution in [0.3, 0.4) is 0 Å². The SMILES string of the molecule is Cc1ccc(-n2nc(NC(=O)c3ccccc3)c(-c3ccccc3)n2)cc1. The minimum atomic E-state index is -0.219. The number of nitrogens with zero attached hydrogens (tertiary/aromatic N) is 3. The fraction of sp³-hybridized carbons (Fsp3) is 0.0455. The number of hydrogen-bond donors (Lipinski definition) is 1. The Bertz CT molecular complexity index is 1050. The summed E-state index contributed by atoms with van der Waals surface area (Å²) < 4.78 is 0. The molecule has 0 atom stereocenters. The standard InChI is InChI=1S/C22H18N4O/c1-16-12-14-19(15-13-16)26-24-20(17-8-4-2-5-9-17)21(25-26)23-22(27)18-10-6-3-7-11-18/h2-15H,1H3,(H,23,25,27). The van der Waals surface area contributed by atoms with Gasteiger partial charge in [-0.05, 0) is 31.2 Å². The number of nitrogens with one attached hydrogen (secondary N) is 1. The number of anilines is 1. The molecule has 0 unspecified atom stereocenters. The Labute approximate surface area is 157 Å². The highest BCUT2D eigenvalue weighted by Crippen LogP contribution is 2.25. The molecule has 0 fully saturated rings. The molecule has 4 aromatic rings. The van der Waals surface area contributed by atoms with Crippen molar-refractivity contribution in [1.29, 1.82) is 0 Å². The predicted octanol–water partition coefficient (Wildman–Crippen LogP) is 4.50. The van der Waals surface area contributed by atoms with Crippen molar-refractivity contribution in [3.63, 3.8) is 0 Å². The Kier molecular flexibility index (Phi) is 4.49. The molecule has 1 amide bonds. The number of amides is 1. The molecule has 1 heterocycles. The quantitative estimate of drug-likeness (QED) is 0.587. The lowest BCUT2D eigenvalue weighted by Gasteiger charge is -2.04. The van der Waals surface area contributed by atoms with Crippen molar-refractivity contribution in [3.8, 4) is 16.9 Å². The van der Waals surface area contributed by atoms with E-state index < -0.39 is 0 Å².